The normalized spacial score (nSPS) is 34.8. The van der Waals surface area contributed by atoms with Crippen LogP contribution in [0.2, 0.25) is 0 Å². The van der Waals surface area contributed by atoms with Crippen LogP contribution < -0.4 is 24.6 Å². The van der Waals surface area contributed by atoms with E-state index >= 15 is 0 Å². The molecule has 39 heavy (non-hydrogen) atoms. The number of ether oxygens (including phenoxy) is 4. The van der Waals surface area contributed by atoms with Crippen molar-refractivity contribution in [2.24, 2.45) is 10.8 Å². The van der Waals surface area contributed by atoms with Crippen LogP contribution >= 0.6 is 22.6 Å². The van der Waals surface area contributed by atoms with Crippen molar-refractivity contribution in [3.8, 4) is 34.3 Å². The second kappa shape index (κ2) is 8.97. The van der Waals surface area contributed by atoms with Gasteiger partial charge in [0.1, 0.15) is 22.7 Å². The summed E-state index contributed by atoms with van der Waals surface area (Å²) < 4.78 is 29.0. The number of allylic oxidation sites excluding steroid dienone is 1. The van der Waals surface area contributed by atoms with Crippen molar-refractivity contribution in [2.45, 2.75) is 56.8 Å². The van der Waals surface area contributed by atoms with Gasteiger partial charge in [-0.25, -0.2) is 4.79 Å². The molecule has 0 saturated heterocycles. The van der Waals surface area contributed by atoms with Gasteiger partial charge in [0.15, 0.2) is 17.3 Å². The van der Waals surface area contributed by atoms with Gasteiger partial charge in [-0.1, -0.05) is 35.6 Å². The SMILES string of the molecule is COc1cc(-c2cc3c(c(=O)o2)C[C@]2(O)[C@@]4(C)C(=O)C=CC(C)(CI)[C@]4(O)CC[C@@]2(C)O3)cc(OC)c1OC. The van der Waals surface area contributed by atoms with Gasteiger partial charge < -0.3 is 33.6 Å². The highest BCUT2D eigenvalue weighted by Gasteiger charge is 2.78. The van der Waals surface area contributed by atoms with E-state index in [9.17, 15) is 19.8 Å². The quantitative estimate of drug-likeness (QED) is 0.366. The molecule has 5 atom stereocenters. The monoisotopic (exact) mass is 652 g/mol. The van der Waals surface area contributed by atoms with Crippen molar-refractivity contribution >= 4 is 28.4 Å². The largest absolute Gasteiger partial charge is 0.493 e. The van der Waals surface area contributed by atoms with Gasteiger partial charge >= 0.3 is 5.63 Å². The molecule has 2 heterocycles. The Hall–Kier alpha value is -2.57. The zero-order chi connectivity index (χ0) is 28.6. The van der Waals surface area contributed by atoms with Gasteiger partial charge in [0.2, 0.25) is 5.75 Å². The maximum atomic E-state index is 13.6. The number of methoxy groups -OCH3 is 3. The van der Waals surface area contributed by atoms with Crippen molar-refractivity contribution in [2.75, 3.05) is 25.8 Å². The molecule has 5 rings (SSSR count). The maximum absolute atomic E-state index is 13.6. The molecule has 2 aromatic rings. The predicted molar refractivity (Wildman–Crippen MR) is 151 cm³/mol. The summed E-state index contributed by atoms with van der Waals surface area (Å²) in [5.74, 6) is 1.23. The summed E-state index contributed by atoms with van der Waals surface area (Å²) in [6, 6.07) is 4.92. The highest BCUT2D eigenvalue weighted by Crippen LogP contribution is 2.66. The first kappa shape index (κ1) is 28.0. The number of aliphatic hydroxyl groups is 2. The van der Waals surface area contributed by atoms with Crippen LogP contribution in [0.1, 0.15) is 39.2 Å². The lowest BCUT2D eigenvalue weighted by Crippen LogP contribution is -2.82. The third-order valence-corrected chi connectivity index (χ3v) is 11.1. The predicted octanol–water partition coefficient (Wildman–Crippen LogP) is 3.87. The van der Waals surface area contributed by atoms with E-state index < -0.39 is 39.0 Å². The lowest BCUT2D eigenvalue weighted by Gasteiger charge is -2.68. The topological polar surface area (TPSA) is 125 Å². The fourth-order valence-electron chi connectivity index (χ4n) is 6.84. The van der Waals surface area contributed by atoms with Crippen molar-refractivity contribution in [3.63, 3.8) is 0 Å². The van der Waals surface area contributed by atoms with Crippen molar-refractivity contribution < 1.29 is 38.4 Å². The Kier molecular flexibility index (Phi) is 6.43. The van der Waals surface area contributed by atoms with Crippen LogP contribution in [-0.2, 0) is 11.2 Å². The van der Waals surface area contributed by atoms with Crippen LogP contribution in [0.5, 0.6) is 23.0 Å². The summed E-state index contributed by atoms with van der Waals surface area (Å²) in [6.45, 7) is 5.23. The van der Waals surface area contributed by atoms with Gasteiger partial charge in [-0.3, -0.25) is 4.79 Å². The molecule has 1 aliphatic heterocycles. The Labute approximate surface area is 240 Å². The van der Waals surface area contributed by atoms with Crippen LogP contribution in [-0.4, -0.2) is 58.6 Å². The Balaban J connectivity index is 1.66. The number of ketones is 1. The average molecular weight is 652 g/mol. The molecule has 10 heteroatoms. The summed E-state index contributed by atoms with van der Waals surface area (Å²) in [7, 11) is 4.48. The molecule has 3 aliphatic rings. The number of carbonyl (C=O) groups is 1. The standard InChI is InChI=1S/C29H33IO9/c1-25(15-30)8-7-22(31)27(3)28(25,33)10-9-26(2)29(27,34)14-17-19(39-26)13-18(38-24(17)32)16-11-20(35-4)23(37-6)21(12-16)36-5/h7-8,11-13,33-34H,9-10,14-15H2,1-6H3/t25?,26-,27+,28-,29-/m1/s1. The Morgan fingerprint density at radius 3 is 2.15 bits per heavy atom. The van der Waals surface area contributed by atoms with Crippen LogP contribution in [0.3, 0.4) is 0 Å². The van der Waals surface area contributed by atoms with Crippen LogP contribution in [0.15, 0.2) is 39.6 Å². The lowest BCUT2D eigenvalue weighted by atomic mass is 9.41. The van der Waals surface area contributed by atoms with E-state index in [0.29, 0.717) is 27.2 Å². The molecule has 0 bridgehead atoms. The number of carbonyl (C=O) groups excluding carboxylic acids is 1. The minimum atomic E-state index is -1.89. The molecule has 210 valence electrons. The molecule has 1 aromatic carbocycles. The minimum Gasteiger partial charge on any atom is -0.493 e. The lowest BCUT2D eigenvalue weighted by molar-refractivity contribution is -0.296. The van der Waals surface area contributed by atoms with E-state index in [1.807, 2.05) is 6.92 Å². The molecule has 0 radical (unpaired) electrons. The molecule has 2 N–H and O–H groups in total. The van der Waals surface area contributed by atoms with E-state index in [1.165, 1.54) is 27.4 Å². The summed E-state index contributed by atoms with van der Waals surface area (Å²) in [4.78, 5) is 27.0. The molecule has 1 unspecified atom stereocenters. The minimum absolute atomic E-state index is 0.107. The molecule has 1 saturated carbocycles. The molecule has 1 aromatic heterocycles. The number of halogens is 1. The van der Waals surface area contributed by atoms with E-state index in [-0.39, 0.29) is 36.3 Å². The molecular formula is C29H33IO9. The van der Waals surface area contributed by atoms with Crippen molar-refractivity contribution in [1.29, 1.82) is 0 Å². The number of fused-ring (bicyclic) bond motifs is 4. The van der Waals surface area contributed by atoms with E-state index in [0.717, 1.165) is 0 Å². The van der Waals surface area contributed by atoms with Gasteiger partial charge in [0, 0.05) is 27.9 Å². The van der Waals surface area contributed by atoms with Crippen molar-refractivity contribution in [3.05, 3.63) is 46.3 Å². The van der Waals surface area contributed by atoms with Crippen molar-refractivity contribution in [1.82, 2.24) is 0 Å². The summed E-state index contributed by atoms with van der Waals surface area (Å²) >= 11 is 2.20. The Morgan fingerprint density at radius 1 is 0.949 bits per heavy atom. The van der Waals surface area contributed by atoms with Crippen LogP contribution in [0.4, 0.5) is 0 Å². The molecule has 2 aliphatic carbocycles. The van der Waals surface area contributed by atoms with Gasteiger partial charge in [0.25, 0.3) is 0 Å². The number of hydrogen-bond acceptors (Lipinski definition) is 9. The van der Waals surface area contributed by atoms with Gasteiger partial charge in [-0.15, -0.1) is 0 Å². The molecule has 0 spiro atoms. The highest BCUT2D eigenvalue weighted by atomic mass is 127. The summed E-state index contributed by atoms with van der Waals surface area (Å²) in [6.07, 6.45) is 3.47. The molecular weight excluding hydrogens is 619 g/mol. The number of rotatable bonds is 5. The second-order valence-electron chi connectivity index (χ2n) is 11.3. The zero-order valence-corrected chi connectivity index (χ0v) is 25.0. The molecule has 9 nitrogen and oxygen atoms in total. The first-order chi connectivity index (χ1) is 18.3. The van der Waals surface area contributed by atoms with E-state index in [1.54, 1.807) is 38.1 Å². The van der Waals surface area contributed by atoms with Gasteiger partial charge in [-0.05, 0) is 44.9 Å². The average Bonchev–Trinajstić information content (AvgIpc) is 2.92. The van der Waals surface area contributed by atoms with Gasteiger partial charge in [-0.2, -0.15) is 0 Å². The Morgan fingerprint density at radius 2 is 1.59 bits per heavy atom. The fourth-order valence-corrected chi connectivity index (χ4v) is 7.73. The molecule has 1 fully saturated rings. The summed E-state index contributed by atoms with van der Waals surface area (Å²) in [5, 5.41) is 24.6. The van der Waals surface area contributed by atoms with Gasteiger partial charge in [0.05, 0.1) is 37.9 Å². The van der Waals surface area contributed by atoms with Crippen LogP contribution in [0.25, 0.3) is 11.3 Å². The summed E-state index contributed by atoms with van der Waals surface area (Å²) in [5.41, 5.74) is -7.23. The first-order valence-electron chi connectivity index (χ1n) is 12.7. The number of alkyl halides is 1. The third-order valence-electron chi connectivity index (χ3n) is 9.54. The Bertz CT molecular complexity index is 1420. The zero-order valence-electron chi connectivity index (χ0n) is 22.8. The van der Waals surface area contributed by atoms with E-state index in [4.69, 9.17) is 23.4 Å². The smallest absolute Gasteiger partial charge is 0.343 e. The maximum Gasteiger partial charge on any atom is 0.343 e. The second-order valence-corrected chi connectivity index (χ2v) is 12.0. The first-order valence-corrected chi connectivity index (χ1v) is 14.2. The third kappa shape index (κ3) is 3.43. The van der Waals surface area contributed by atoms with Crippen LogP contribution in [0, 0.1) is 10.8 Å². The highest BCUT2D eigenvalue weighted by molar-refractivity contribution is 14.1. The number of hydrogen-bond donors (Lipinski definition) is 2. The fraction of sp³-hybridized carbons (Fsp3) is 0.517. The molecule has 0 amide bonds. The number of benzene rings is 1. The van der Waals surface area contributed by atoms with E-state index in [2.05, 4.69) is 22.6 Å².